The number of aromatic nitrogens is 2. The van der Waals surface area contributed by atoms with Gasteiger partial charge in [-0.05, 0) is 17.7 Å². The summed E-state index contributed by atoms with van der Waals surface area (Å²) in [5, 5.41) is 12.2. The van der Waals surface area contributed by atoms with E-state index in [9.17, 15) is 0 Å². The molecule has 0 radical (unpaired) electrons. The Labute approximate surface area is 105 Å². The van der Waals surface area contributed by atoms with E-state index in [-0.39, 0.29) is 0 Å². The van der Waals surface area contributed by atoms with E-state index >= 15 is 0 Å². The van der Waals surface area contributed by atoms with Crippen LogP contribution in [0.5, 0.6) is 5.75 Å². The average molecular weight is 242 g/mol. The molecule has 0 fully saturated rings. The number of H-pyrrole nitrogens is 1. The number of hydrogen-bond donors (Lipinski definition) is 2. The van der Waals surface area contributed by atoms with Crippen LogP contribution in [0.4, 0.5) is 0 Å². The molecule has 0 saturated carbocycles. The Morgan fingerprint density at radius 3 is 3.00 bits per heavy atom. The lowest BCUT2D eigenvalue weighted by atomic mass is 10.1. The number of benzene rings is 1. The third-order valence-electron chi connectivity index (χ3n) is 2.56. The van der Waals surface area contributed by atoms with E-state index in [1.807, 2.05) is 18.2 Å². The third-order valence-corrected chi connectivity index (χ3v) is 2.56. The Balaban J connectivity index is 1.96. The molecule has 0 aliphatic rings. The highest BCUT2D eigenvalue weighted by Gasteiger charge is 2.03. The highest BCUT2D eigenvalue weighted by Crippen LogP contribution is 2.18. The fourth-order valence-corrected chi connectivity index (χ4v) is 1.67. The normalized spacial score (nSPS) is 10.0. The van der Waals surface area contributed by atoms with Crippen LogP contribution >= 0.6 is 0 Å². The molecule has 0 aliphatic carbocycles. The molecule has 0 saturated heterocycles. The lowest BCUT2D eigenvalue weighted by Gasteiger charge is -2.06. The first kappa shape index (κ1) is 12.1. The van der Waals surface area contributed by atoms with Crippen molar-refractivity contribution in [2.24, 2.45) is 0 Å². The van der Waals surface area contributed by atoms with Crippen molar-refractivity contribution in [3.8, 4) is 11.8 Å². The summed E-state index contributed by atoms with van der Waals surface area (Å²) in [4.78, 5) is 7.14. The number of imidazole rings is 1. The number of hydrogen-bond acceptors (Lipinski definition) is 4. The average Bonchev–Trinajstić information content (AvgIpc) is 2.91. The minimum Gasteiger partial charge on any atom is -0.495 e. The van der Waals surface area contributed by atoms with Crippen LogP contribution in [0, 0.1) is 11.3 Å². The zero-order chi connectivity index (χ0) is 12.8. The van der Waals surface area contributed by atoms with E-state index in [4.69, 9.17) is 10.00 Å². The summed E-state index contributed by atoms with van der Waals surface area (Å²) in [5.41, 5.74) is 1.59. The summed E-state index contributed by atoms with van der Waals surface area (Å²) in [5.74, 6) is 1.50. The Morgan fingerprint density at radius 2 is 2.33 bits per heavy atom. The van der Waals surface area contributed by atoms with E-state index in [2.05, 4.69) is 21.4 Å². The first-order valence-electron chi connectivity index (χ1n) is 5.59. The number of ether oxygens (including phenoxy) is 1. The lowest BCUT2D eigenvalue weighted by Crippen LogP contribution is -2.13. The lowest BCUT2D eigenvalue weighted by molar-refractivity contribution is 0.413. The fraction of sp³-hybridized carbons (Fsp3) is 0.231. The van der Waals surface area contributed by atoms with Gasteiger partial charge in [0.05, 0.1) is 19.2 Å². The zero-order valence-electron chi connectivity index (χ0n) is 10.1. The Bertz CT molecular complexity index is 543. The van der Waals surface area contributed by atoms with E-state index in [1.54, 1.807) is 19.5 Å². The van der Waals surface area contributed by atoms with Crippen molar-refractivity contribution in [1.29, 1.82) is 5.26 Å². The van der Waals surface area contributed by atoms with E-state index < -0.39 is 0 Å². The maximum absolute atomic E-state index is 8.98. The van der Waals surface area contributed by atoms with Crippen molar-refractivity contribution < 1.29 is 4.74 Å². The minimum atomic E-state index is 0.551. The maximum Gasteiger partial charge on any atom is 0.136 e. The van der Waals surface area contributed by atoms with Gasteiger partial charge in [0.25, 0.3) is 0 Å². The van der Waals surface area contributed by atoms with Crippen LogP contribution in [0.1, 0.15) is 17.0 Å². The first-order chi connectivity index (χ1) is 8.83. The predicted molar refractivity (Wildman–Crippen MR) is 66.8 cm³/mol. The van der Waals surface area contributed by atoms with E-state index in [0.29, 0.717) is 24.4 Å². The standard InChI is InChI=1S/C13H14N4O/c1-18-12-3-2-10(6-11(12)7-14)8-15-9-13-16-4-5-17-13/h2-6,15H,8-9H2,1H3,(H,16,17). The van der Waals surface area contributed by atoms with Crippen LogP contribution in [0.2, 0.25) is 0 Å². The van der Waals surface area contributed by atoms with Gasteiger partial charge in [-0.1, -0.05) is 6.07 Å². The van der Waals surface area contributed by atoms with Crippen molar-refractivity contribution in [1.82, 2.24) is 15.3 Å². The van der Waals surface area contributed by atoms with Gasteiger partial charge in [-0.2, -0.15) is 5.26 Å². The number of rotatable bonds is 5. The fourth-order valence-electron chi connectivity index (χ4n) is 1.67. The van der Waals surface area contributed by atoms with Crippen molar-refractivity contribution in [3.63, 3.8) is 0 Å². The van der Waals surface area contributed by atoms with Gasteiger partial charge in [-0.15, -0.1) is 0 Å². The topological polar surface area (TPSA) is 73.7 Å². The number of methoxy groups -OCH3 is 1. The molecule has 2 N–H and O–H groups in total. The second kappa shape index (κ2) is 5.84. The van der Waals surface area contributed by atoms with Crippen molar-refractivity contribution in [3.05, 3.63) is 47.5 Å². The minimum absolute atomic E-state index is 0.551. The van der Waals surface area contributed by atoms with Gasteiger partial charge >= 0.3 is 0 Å². The van der Waals surface area contributed by atoms with Crippen LogP contribution in [0.25, 0.3) is 0 Å². The quantitative estimate of drug-likeness (QED) is 0.834. The van der Waals surface area contributed by atoms with Crippen LogP contribution < -0.4 is 10.1 Å². The van der Waals surface area contributed by atoms with Gasteiger partial charge in [0.2, 0.25) is 0 Å². The largest absolute Gasteiger partial charge is 0.495 e. The molecule has 1 aromatic carbocycles. The molecule has 2 aromatic rings. The Hall–Kier alpha value is -2.32. The highest BCUT2D eigenvalue weighted by atomic mass is 16.5. The van der Waals surface area contributed by atoms with Crippen LogP contribution in [-0.4, -0.2) is 17.1 Å². The molecule has 18 heavy (non-hydrogen) atoms. The summed E-state index contributed by atoms with van der Waals surface area (Å²) in [6.45, 7) is 1.35. The summed E-state index contributed by atoms with van der Waals surface area (Å²) in [6.07, 6.45) is 3.51. The summed E-state index contributed by atoms with van der Waals surface area (Å²) in [7, 11) is 1.56. The Morgan fingerprint density at radius 1 is 1.44 bits per heavy atom. The molecule has 0 amide bonds. The smallest absolute Gasteiger partial charge is 0.136 e. The number of nitrogens with zero attached hydrogens (tertiary/aromatic N) is 2. The van der Waals surface area contributed by atoms with Gasteiger partial charge in [0.15, 0.2) is 0 Å². The van der Waals surface area contributed by atoms with Gasteiger partial charge < -0.3 is 15.0 Å². The van der Waals surface area contributed by atoms with Crippen LogP contribution in [0.3, 0.4) is 0 Å². The molecule has 1 heterocycles. The number of nitriles is 1. The number of aromatic amines is 1. The Kier molecular flexibility index (Phi) is 3.94. The van der Waals surface area contributed by atoms with Crippen LogP contribution in [-0.2, 0) is 13.1 Å². The SMILES string of the molecule is COc1ccc(CNCc2ncc[nH]2)cc1C#N. The zero-order valence-corrected chi connectivity index (χ0v) is 10.1. The molecular formula is C13H14N4O. The molecule has 0 aliphatic heterocycles. The van der Waals surface area contributed by atoms with Crippen molar-refractivity contribution >= 4 is 0 Å². The van der Waals surface area contributed by atoms with Gasteiger partial charge in [-0.25, -0.2) is 4.98 Å². The second-order valence-corrected chi connectivity index (χ2v) is 3.79. The maximum atomic E-state index is 8.98. The molecule has 2 rings (SSSR count). The second-order valence-electron chi connectivity index (χ2n) is 3.79. The molecule has 0 spiro atoms. The van der Waals surface area contributed by atoms with Gasteiger partial charge in [0.1, 0.15) is 17.6 Å². The van der Waals surface area contributed by atoms with Gasteiger partial charge in [0, 0.05) is 18.9 Å². The highest BCUT2D eigenvalue weighted by molar-refractivity contribution is 5.45. The number of nitrogens with one attached hydrogen (secondary N) is 2. The van der Waals surface area contributed by atoms with Crippen molar-refractivity contribution in [2.45, 2.75) is 13.1 Å². The van der Waals surface area contributed by atoms with Crippen LogP contribution in [0.15, 0.2) is 30.6 Å². The van der Waals surface area contributed by atoms with Crippen molar-refractivity contribution in [2.75, 3.05) is 7.11 Å². The molecule has 5 nitrogen and oxygen atoms in total. The monoisotopic (exact) mass is 242 g/mol. The summed E-state index contributed by atoms with van der Waals surface area (Å²) in [6, 6.07) is 7.69. The molecule has 1 aromatic heterocycles. The van der Waals surface area contributed by atoms with Gasteiger partial charge in [-0.3, -0.25) is 0 Å². The van der Waals surface area contributed by atoms with E-state index in [1.165, 1.54) is 0 Å². The molecule has 5 heteroatoms. The molecule has 0 bridgehead atoms. The first-order valence-corrected chi connectivity index (χ1v) is 5.59. The molecular weight excluding hydrogens is 228 g/mol. The molecule has 0 unspecified atom stereocenters. The predicted octanol–water partition coefficient (Wildman–Crippen LogP) is 1.58. The van der Waals surface area contributed by atoms with E-state index in [0.717, 1.165) is 11.4 Å². The summed E-state index contributed by atoms with van der Waals surface area (Å²) >= 11 is 0. The molecule has 0 atom stereocenters. The molecule has 92 valence electrons. The third kappa shape index (κ3) is 2.87. The summed E-state index contributed by atoms with van der Waals surface area (Å²) < 4.78 is 5.10.